The maximum atomic E-state index is 10.8. The zero-order chi connectivity index (χ0) is 28.2. The smallest absolute Gasteiger partial charge is 0.305 e. The summed E-state index contributed by atoms with van der Waals surface area (Å²) in [7, 11) is 2.78. The lowest BCUT2D eigenvalue weighted by atomic mass is 10.2. The van der Waals surface area contributed by atoms with Crippen molar-refractivity contribution in [1.82, 2.24) is 0 Å². The van der Waals surface area contributed by atoms with E-state index >= 15 is 0 Å². The highest BCUT2D eigenvalue weighted by atomic mass is 35.5. The second-order valence-corrected chi connectivity index (χ2v) is 7.26. The molecule has 0 amide bonds. The van der Waals surface area contributed by atoms with Gasteiger partial charge < -0.3 is 9.47 Å². The average Bonchev–Trinajstić information content (AvgIpc) is 2.91. The van der Waals surface area contributed by atoms with Crippen LogP contribution >= 0.6 is 11.6 Å². The number of hydrogen-bond donors (Lipinski definition) is 0. The van der Waals surface area contributed by atoms with E-state index in [9.17, 15) is 9.59 Å². The van der Waals surface area contributed by atoms with Crippen LogP contribution in [0.15, 0.2) is 0 Å². The van der Waals surface area contributed by atoms with E-state index in [1.807, 2.05) is 0 Å². The molecule has 0 aromatic heterocycles. The average molecular weight is 525 g/mol. The number of carbonyl (C=O) groups excluding carboxylic acids is 2. The lowest BCUT2D eigenvalue weighted by Gasteiger charge is -1.93. The molecule has 37 heavy (non-hydrogen) atoms. The molecule has 0 aromatic carbocycles. The minimum atomic E-state index is -0.186. The van der Waals surface area contributed by atoms with Crippen molar-refractivity contribution in [3.05, 3.63) is 0 Å². The first-order chi connectivity index (χ1) is 18.0. The summed E-state index contributed by atoms with van der Waals surface area (Å²) in [6, 6.07) is 0. The normalized spacial score (nSPS) is 7.68. The Bertz CT molecular complexity index is 932. The van der Waals surface area contributed by atoms with Crippen LogP contribution in [0.25, 0.3) is 0 Å². The highest BCUT2D eigenvalue weighted by Crippen LogP contribution is 1.96. The monoisotopic (exact) mass is 524 g/mol. The summed E-state index contributed by atoms with van der Waals surface area (Å²) >= 11 is 5.34. The third kappa shape index (κ3) is 43.1. The van der Waals surface area contributed by atoms with Crippen LogP contribution < -0.4 is 0 Å². The first kappa shape index (κ1) is 38.1. The summed E-state index contributed by atoms with van der Waals surface area (Å²) in [5.74, 6) is 31.7. The molecule has 0 spiro atoms. The molecule has 0 aromatic rings. The minimum Gasteiger partial charge on any atom is -0.469 e. The van der Waals surface area contributed by atoms with Gasteiger partial charge >= 0.3 is 11.9 Å². The van der Waals surface area contributed by atoms with Gasteiger partial charge in [-0.25, -0.2) is 0 Å². The fraction of sp³-hybridized carbons (Fsp3) is 0.562. The Morgan fingerprint density at radius 3 is 1.32 bits per heavy atom. The molecule has 0 aliphatic carbocycles. The summed E-state index contributed by atoms with van der Waals surface area (Å²) < 4.78 is 9.01. The van der Waals surface area contributed by atoms with Crippen LogP contribution in [0.5, 0.6) is 0 Å². The van der Waals surface area contributed by atoms with Crippen molar-refractivity contribution in [2.45, 2.75) is 97.3 Å². The van der Waals surface area contributed by atoms with Crippen molar-refractivity contribution in [2.75, 3.05) is 20.1 Å². The van der Waals surface area contributed by atoms with E-state index in [0.29, 0.717) is 50.8 Å². The predicted octanol–water partition coefficient (Wildman–Crippen LogP) is 6.31. The van der Waals surface area contributed by atoms with Crippen LogP contribution in [0.4, 0.5) is 0 Å². The standard InChI is InChI=1S/C16H20O2.C11H13ClO2.C5H8/c1-3-4-5-6-7-8-9-10-11-12-13-14-15-16(17)18-2;1-14-11(13)9-7-5-3-2-4-6-8-10-12;1-3-5-4-2/h3-4,7,10,13-15H2,1-2H3;4-5,7,9-10H2,1H3;1H,4-5H2,2H3. The molecule has 0 aliphatic heterocycles. The third-order valence-corrected chi connectivity index (χ3v) is 3.95. The SMILES string of the molecule is C#CCCC.CCCC#CCC#CCC#CCCCC(=O)OC.COC(=O)CCCC#CCC#CCCl. The molecule has 0 fully saturated rings. The number of esters is 2. The molecule has 4 nitrogen and oxygen atoms in total. The highest BCUT2D eigenvalue weighted by molar-refractivity contribution is 6.19. The quantitative estimate of drug-likeness (QED) is 0.162. The van der Waals surface area contributed by atoms with Gasteiger partial charge in [-0.1, -0.05) is 55.3 Å². The molecule has 0 saturated carbocycles. The molecule has 5 heteroatoms. The van der Waals surface area contributed by atoms with Crippen LogP contribution in [-0.4, -0.2) is 32.0 Å². The number of unbranched alkanes of at least 4 members (excludes halogenated alkanes) is 4. The maximum Gasteiger partial charge on any atom is 0.305 e. The first-order valence-electron chi connectivity index (χ1n) is 12.4. The van der Waals surface area contributed by atoms with Gasteiger partial charge in [0.25, 0.3) is 0 Å². The molecule has 0 atom stereocenters. The van der Waals surface area contributed by atoms with Gasteiger partial charge in [0, 0.05) is 38.5 Å². The molecule has 0 radical (unpaired) electrons. The molecule has 0 bridgehead atoms. The Morgan fingerprint density at radius 1 is 0.622 bits per heavy atom. The highest BCUT2D eigenvalue weighted by Gasteiger charge is 1.97. The first-order valence-corrected chi connectivity index (χ1v) is 13.0. The fourth-order valence-electron chi connectivity index (χ4n) is 1.94. The number of methoxy groups -OCH3 is 2. The molecular formula is C32H41ClO4. The van der Waals surface area contributed by atoms with Crippen molar-refractivity contribution in [1.29, 1.82) is 0 Å². The number of hydrogen-bond acceptors (Lipinski definition) is 4. The summed E-state index contributed by atoms with van der Waals surface area (Å²) in [6.07, 6.45) is 14.5. The summed E-state index contributed by atoms with van der Waals surface area (Å²) in [5, 5.41) is 0. The van der Waals surface area contributed by atoms with Crippen LogP contribution in [0.1, 0.15) is 97.3 Å². The van der Waals surface area contributed by atoms with Gasteiger partial charge in [0.05, 0.1) is 39.4 Å². The lowest BCUT2D eigenvalue weighted by molar-refractivity contribution is -0.141. The van der Waals surface area contributed by atoms with E-state index in [4.69, 9.17) is 18.0 Å². The number of terminal acetylenes is 1. The third-order valence-electron chi connectivity index (χ3n) is 3.81. The van der Waals surface area contributed by atoms with E-state index in [2.05, 4.69) is 88.4 Å². The number of rotatable bonds is 8. The van der Waals surface area contributed by atoms with Gasteiger partial charge in [0.15, 0.2) is 0 Å². The van der Waals surface area contributed by atoms with Gasteiger partial charge in [0.2, 0.25) is 0 Å². The maximum absolute atomic E-state index is 10.8. The second kappa shape index (κ2) is 37.1. The van der Waals surface area contributed by atoms with Crippen molar-refractivity contribution in [3.8, 4) is 71.5 Å². The van der Waals surface area contributed by atoms with Crippen LogP contribution in [-0.2, 0) is 19.1 Å². The summed E-state index contributed by atoms with van der Waals surface area (Å²) in [4.78, 5) is 21.5. The van der Waals surface area contributed by atoms with E-state index in [1.165, 1.54) is 14.2 Å². The van der Waals surface area contributed by atoms with Crippen molar-refractivity contribution < 1.29 is 19.1 Å². The fourth-order valence-corrected chi connectivity index (χ4v) is 2.03. The molecule has 0 heterocycles. The zero-order valence-electron chi connectivity index (χ0n) is 23.0. The van der Waals surface area contributed by atoms with E-state index in [0.717, 1.165) is 38.5 Å². The van der Waals surface area contributed by atoms with E-state index in [-0.39, 0.29) is 11.9 Å². The van der Waals surface area contributed by atoms with Gasteiger partial charge in [-0.15, -0.1) is 41.7 Å². The number of halogens is 1. The minimum absolute atomic E-state index is 0.178. The van der Waals surface area contributed by atoms with Gasteiger partial charge in [-0.2, -0.15) is 0 Å². The Labute approximate surface area is 231 Å². The van der Waals surface area contributed by atoms with E-state index < -0.39 is 0 Å². The Kier molecular flexibility index (Phi) is 38.3. The Balaban J connectivity index is -0.000000539. The number of ether oxygens (including phenoxy) is 2. The lowest BCUT2D eigenvalue weighted by Crippen LogP contribution is -1.98. The number of alkyl halides is 1. The van der Waals surface area contributed by atoms with Crippen molar-refractivity contribution >= 4 is 23.5 Å². The van der Waals surface area contributed by atoms with Crippen molar-refractivity contribution in [2.24, 2.45) is 0 Å². The predicted molar refractivity (Wildman–Crippen MR) is 154 cm³/mol. The molecule has 0 N–H and O–H groups in total. The van der Waals surface area contributed by atoms with Gasteiger partial charge in [0.1, 0.15) is 0 Å². The van der Waals surface area contributed by atoms with Gasteiger partial charge in [-0.05, 0) is 25.7 Å². The molecule has 0 unspecified atom stereocenters. The van der Waals surface area contributed by atoms with Crippen LogP contribution in [0.2, 0.25) is 0 Å². The van der Waals surface area contributed by atoms with Crippen LogP contribution in [0, 0.1) is 71.5 Å². The van der Waals surface area contributed by atoms with Crippen LogP contribution in [0.3, 0.4) is 0 Å². The molecular weight excluding hydrogens is 484 g/mol. The Hall–Kier alpha value is -3.41. The Morgan fingerprint density at radius 2 is 1.00 bits per heavy atom. The number of carbonyl (C=O) groups is 2. The second-order valence-electron chi connectivity index (χ2n) is 7.00. The zero-order valence-corrected chi connectivity index (χ0v) is 23.7. The molecule has 200 valence electrons. The molecule has 0 saturated heterocycles. The van der Waals surface area contributed by atoms with Gasteiger partial charge in [-0.3, -0.25) is 9.59 Å². The van der Waals surface area contributed by atoms with E-state index in [1.54, 1.807) is 0 Å². The van der Waals surface area contributed by atoms with Crippen molar-refractivity contribution in [3.63, 3.8) is 0 Å². The summed E-state index contributed by atoms with van der Waals surface area (Å²) in [6.45, 7) is 4.18. The molecule has 0 rings (SSSR count). The topological polar surface area (TPSA) is 52.6 Å². The summed E-state index contributed by atoms with van der Waals surface area (Å²) in [5.41, 5.74) is 0. The molecule has 0 aliphatic rings. The largest absolute Gasteiger partial charge is 0.469 e.